The predicted octanol–water partition coefficient (Wildman–Crippen LogP) is 4.97. The molecule has 0 radical (unpaired) electrons. The van der Waals surface area contributed by atoms with Crippen molar-refractivity contribution in [2.45, 2.75) is 70.0 Å². The number of nitrogens with zero attached hydrogens (tertiary/aromatic N) is 2. The molecule has 0 aromatic heterocycles. The highest BCUT2D eigenvalue weighted by molar-refractivity contribution is 7.92. The van der Waals surface area contributed by atoms with E-state index in [1.54, 1.807) is 43.3 Å². The van der Waals surface area contributed by atoms with Crippen LogP contribution in [0.15, 0.2) is 83.8 Å². The number of amides is 2. The molecule has 3 aromatic carbocycles. The van der Waals surface area contributed by atoms with Crippen LogP contribution in [-0.4, -0.2) is 43.8 Å². The Morgan fingerprint density at radius 2 is 1.54 bits per heavy atom. The van der Waals surface area contributed by atoms with Crippen LogP contribution >= 0.6 is 0 Å². The summed E-state index contributed by atoms with van der Waals surface area (Å²) in [5.41, 5.74) is 3.17. The standard InChI is InChI=1S/C31H37N3O4S/c1-23-11-9-13-26(19-23)21-33(25(3)31(36)32-27-14-7-8-15-27)30(35)22-34(28-16-10-12-24(2)20-28)39(37,38)29-17-5-4-6-18-29/h4-6,9-13,16-20,25,27H,7-8,14-15,21-22H2,1-3H3,(H,32,36)/t25-/m1/s1. The van der Waals surface area contributed by atoms with Gasteiger partial charge in [0.1, 0.15) is 12.6 Å². The van der Waals surface area contributed by atoms with Crippen molar-refractivity contribution in [1.82, 2.24) is 10.2 Å². The predicted molar refractivity (Wildman–Crippen MR) is 154 cm³/mol. The van der Waals surface area contributed by atoms with Crippen molar-refractivity contribution in [2.24, 2.45) is 0 Å². The molecule has 8 heteroatoms. The molecule has 0 heterocycles. The summed E-state index contributed by atoms with van der Waals surface area (Å²) in [4.78, 5) is 28.9. The van der Waals surface area contributed by atoms with Crippen LogP contribution in [0.1, 0.15) is 49.3 Å². The van der Waals surface area contributed by atoms with Gasteiger partial charge in [0.2, 0.25) is 11.8 Å². The molecule has 1 fully saturated rings. The Balaban J connectivity index is 1.68. The van der Waals surface area contributed by atoms with Gasteiger partial charge < -0.3 is 10.2 Å². The van der Waals surface area contributed by atoms with Crippen LogP contribution in [0.4, 0.5) is 5.69 Å². The van der Waals surface area contributed by atoms with Crippen LogP contribution in [0.25, 0.3) is 0 Å². The number of sulfonamides is 1. The number of benzene rings is 3. The van der Waals surface area contributed by atoms with Gasteiger partial charge in [-0.15, -0.1) is 0 Å². The second kappa shape index (κ2) is 12.5. The van der Waals surface area contributed by atoms with E-state index in [2.05, 4.69) is 5.32 Å². The highest BCUT2D eigenvalue weighted by Gasteiger charge is 2.33. The van der Waals surface area contributed by atoms with Crippen molar-refractivity contribution in [3.63, 3.8) is 0 Å². The molecule has 1 aliphatic rings. The van der Waals surface area contributed by atoms with E-state index < -0.39 is 28.5 Å². The molecule has 0 saturated heterocycles. The third kappa shape index (κ3) is 7.06. The zero-order valence-corrected chi connectivity index (χ0v) is 23.7. The van der Waals surface area contributed by atoms with Crippen molar-refractivity contribution >= 4 is 27.5 Å². The van der Waals surface area contributed by atoms with E-state index in [1.807, 2.05) is 44.2 Å². The SMILES string of the molecule is Cc1cccc(CN(C(=O)CN(c2cccc(C)c2)S(=O)(=O)c2ccccc2)[C@H](C)C(=O)NC2CCCC2)c1. The van der Waals surface area contributed by atoms with Crippen LogP contribution in [0, 0.1) is 13.8 Å². The number of carbonyl (C=O) groups excluding carboxylic acids is 2. The Morgan fingerprint density at radius 3 is 2.18 bits per heavy atom. The first-order chi connectivity index (χ1) is 18.6. The average molecular weight is 548 g/mol. The van der Waals surface area contributed by atoms with E-state index in [0.717, 1.165) is 46.7 Å². The van der Waals surface area contributed by atoms with Crippen LogP contribution < -0.4 is 9.62 Å². The van der Waals surface area contributed by atoms with E-state index in [-0.39, 0.29) is 23.4 Å². The number of hydrogen-bond donors (Lipinski definition) is 1. The summed E-state index contributed by atoms with van der Waals surface area (Å²) in [5.74, 6) is -0.678. The number of hydrogen-bond acceptors (Lipinski definition) is 4. The highest BCUT2D eigenvalue weighted by Crippen LogP contribution is 2.25. The van der Waals surface area contributed by atoms with E-state index in [0.29, 0.717) is 5.69 Å². The molecule has 0 bridgehead atoms. The van der Waals surface area contributed by atoms with Gasteiger partial charge in [-0.1, -0.05) is 73.0 Å². The summed E-state index contributed by atoms with van der Waals surface area (Å²) in [6.07, 6.45) is 4.02. The van der Waals surface area contributed by atoms with Gasteiger partial charge in [-0.25, -0.2) is 8.42 Å². The number of anilines is 1. The first-order valence-electron chi connectivity index (χ1n) is 13.4. The van der Waals surface area contributed by atoms with Gasteiger partial charge in [0.15, 0.2) is 0 Å². The highest BCUT2D eigenvalue weighted by atomic mass is 32.2. The fourth-order valence-electron chi connectivity index (χ4n) is 5.01. The van der Waals surface area contributed by atoms with Crippen molar-refractivity contribution < 1.29 is 18.0 Å². The Morgan fingerprint density at radius 1 is 0.897 bits per heavy atom. The third-order valence-corrected chi connectivity index (χ3v) is 8.99. The molecular weight excluding hydrogens is 510 g/mol. The Labute approximate surface area is 231 Å². The largest absolute Gasteiger partial charge is 0.352 e. The zero-order chi connectivity index (χ0) is 28.0. The monoisotopic (exact) mass is 547 g/mol. The van der Waals surface area contributed by atoms with Crippen molar-refractivity contribution in [2.75, 3.05) is 10.8 Å². The van der Waals surface area contributed by atoms with Gasteiger partial charge in [0.25, 0.3) is 10.0 Å². The first kappa shape index (κ1) is 28.4. The maximum atomic E-state index is 14.0. The fourth-order valence-corrected chi connectivity index (χ4v) is 6.44. The summed E-state index contributed by atoms with van der Waals surface area (Å²) in [7, 11) is -4.06. The number of rotatable bonds is 10. The molecule has 2 amide bonds. The van der Waals surface area contributed by atoms with Crippen molar-refractivity contribution in [3.8, 4) is 0 Å². The number of nitrogens with one attached hydrogen (secondary N) is 1. The maximum Gasteiger partial charge on any atom is 0.264 e. The van der Waals surface area contributed by atoms with Crippen molar-refractivity contribution in [1.29, 1.82) is 0 Å². The van der Waals surface area contributed by atoms with E-state index in [1.165, 1.54) is 17.0 Å². The summed E-state index contributed by atoms with van der Waals surface area (Å²) < 4.78 is 28.8. The minimum absolute atomic E-state index is 0.0940. The summed E-state index contributed by atoms with van der Waals surface area (Å²) in [6.45, 7) is 5.30. The Bertz CT molecular complexity index is 1400. The van der Waals surface area contributed by atoms with Crippen LogP contribution in [0.2, 0.25) is 0 Å². The quantitative estimate of drug-likeness (QED) is 0.388. The van der Waals surface area contributed by atoms with E-state index >= 15 is 0 Å². The van der Waals surface area contributed by atoms with Crippen LogP contribution in [-0.2, 0) is 26.2 Å². The van der Waals surface area contributed by atoms with Crippen LogP contribution in [0.5, 0.6) is 0 Å². The average Bonchev–Trinajstić information content (AvgIpc) is 3.43. The summed E-state index contributed by atoms with van der Waals surface area (Å²) >= 11 is 0. The zero-order valence-electron chi connectivity index (χ0n) is 22.8. The van der Waals surface area contributed by atoms with Gasteiger partial charge in [0, 0.05) is 12.6 Å². The second-order valence-electron chi connectivity index (χ2n) is 10.3. The minimum atomic E-state index is -4.06. The molecule has 206 valence electrons. The molecule has 0 aliphatic heterocycles. The normalized spacial score (nSPS) is 14.5. The second-order valence-corrected chi connectivity index (χ2v) is 12.2. The van der Waals surface area contributed by atoms with Gasteiger partial charge in [0.05, 0.1) is 10.6 Å². The minimum Gasteiger partial charge on any atom is -0.352 e. The smallest absolute Gasteiger partial charge is 0.264 e. The molecule has 39 heavy (non-hydrogen) atoms. The molecule has 0 spiro atoms. The Hall–Kier alpha value is -3.65. The molecule has 1 N–H and O–H groups in total. The lowest BCUT2D eigenvalue weighted by atomic mass is 10.1. The fraction of sp³-hybridized carbons (Fsp3) is 0.355. The molecule has 1 atom stereocenters. The molecule has 1 aliphatic carbocycles. The molecule has 3 aromatic rings. The molecule has 4 rings (SSSR count). The van der Waals surface area contributed by atoms with Crippen molar-refractivity contribution in [3.05, 3.63) is 95.6 Å². The topological polar surface area (TPSA) is 86.8 Å². The van der Waals surface area contributed by atoms with Gasteiger partial charge in [-0.3, -0.25) is 13.9 Å². The summed E-state index contributed by atoms with van der Waals surface area (Å²) in [6, 6.07) is 22.3. The van der Waals surface area contributed by atoms with Gasteiger partial charge >= 0.3 is 0 Å². The van der Waals surface area contributed by atoms with Gasteiger partial charge in [-0.05, 0) is 69.0 Å². The molecule has 0 unspecified atom stereocenters. The lowest BCUT2D eigenvalue weighted by Crippen LogP contribution is -2.52. The lowest BCUT2D eigenvalue weighted by Gasteiger charge is -2.32. The molecular formula is C31H37N3O4S. The summed E-state index contributed by atoms with van der Waals surface area (Å²) in [5, 5.41) is 3.10. The molecule has 7 nitrogen and oxygen atoms in total. The Kier molecular flexibility index (Phi) is 9.07. The molecule has 1 saturated carbocycles. The van der Waals surface area contributed by atoms with Crippen LogP contribution in [0.3, 0.4) is 0 Å². The lowest BCUT2D eigenvalue weighted by molar-refractivity contribution is -0.139. The van der Waals surface area contributed by atoms with Gasteiger partial charge in [-0.2, -0.15) is 0 Å². The van der Waals surface area contributed by atoms with E-state index in [9.17, 15) is 18.0 Å². The number of carbonyl (C=O) groups is 2. The maximum absolute atomic E-state index is 14.0. The first-order valence-corrected chi connectivity index (χ1v) is 14.9. The van der Waals surface area contributed by atoms with E-state index in [4.69, 9.17) is 0 Å². The number of aryl methyl sites for hydroxylation is 2. The third-order valence-electron chi connectivity index (χ3n) is 7.20.